The highest BCUT2D eigenvalue weighted by Crippen LogP contribution is 2.39. The molecule has 1 aliphatic heterocycles. The normalized spacial score (nSPS) is 16.1. The molecular weight excluding hydrogens is 266 g/mol. The summed E-state index contributed by atoms with van der Waals surface area (Å²) in [6, 6.07) is 15.6. The van der Waals surface area contributed by atoms with Gasteiger partial charge in [-0.1, -0.05) is 43.0 Å². The first-order chi connectivity index (χ1) is 10.5. The summed E-state index contributed by atoms with van der Waals surface area (Å²) in [5.41, 5.74) is 5.55. The standard InChI is InChI=1S/C21H22N/c1-14(2)21-18-10-9-15-7-5-6-8-17(15)19(18)11-16-12-22(3,4)13-20(16)21/h5-11H,1,12-13H2,2-4H3/q+1. The van der Waals surface area contributed by atoms with Crippen LogP contribution in [0.15, 0.2) is 49.0 Å². The van der Waals surface area contributed by atoms with Crippen molar-refractivity contribution in [3.63, 3.8) is 0 Å². The Hall–Kier alpha value is -2.12. The minimum atomic E-state index is 1.03. The zero-order valence-electron chi connectivity index (χ0n) is 13.6. The maximum atomic E-state index is 4.27. The molecule has 4 rings (SSSR count). The second kappa shape index (κ2) is 4.44. The molecule has 0 radical (unpaired) electrons. The van der Waals surface area contributed by atoms with Crippen molar-refractivity contribution < 1.29 is 4.48 Å². The molecular formula is C21H22N+. The summed E-state index contributed by atoms with van der Waals surface area (Å²) in [6.07, 6.45) is 0. The van der Waals surface area contributed by atoms with Crippen molar-refractivity contribution in [1.82, 2.24) is 0 Å². The van der Waals surface area contributed by atoms with E-state index in [4.69, 9.17) is 0 Å². The Bertz CT molecular complexity index is 931. The van der Waals surface area contributed by atoms with E-state index < -0.39 is 0 Å². The van der Waals surface area contributed by atoms with Crippen molar-refractivity contribution >= 4 is 27.1 Å². The summed E-state index contributed by atoms with van der Waals surface area (Å²) >= 11 is 0. The molecule has 0 amide bonds. The van der Waals surface area contributed by atoms with Gasteiger partial charge in [-0.05, 0) is 45.7 Å². The lowest BCUT2D eigenvalue weighted by molar-refractivity contribution is -0.910. The van der Waals surface area contributed by atoms with Crippen LogP contribution in [-0.4, -0.2) is 18.6 Å². The molecule has 1 nitrogen and oxygen atoms in total. The van der Waals surface area contributed by atoms with Crippen LogP contribution in [0.1, 0.15) is 23.6 Å². The first-order valence-corrected chi connectivity index (χ1v) is 7.90. The summed E-state index contributed by atoms with van der Waals surface area (Å²) in [7, 11) is 4.62. The van der Waals surface area contributed by atoms with Crippen LogP contribution in [0.5, 0.6) is 0 Å². The average Bonchev–Trinajstić information content (AvgIpc) is 2.77. The Balaban J connectivity index is 2.17. The summed E-state index contributed by atoms with van der Waals surface area (Å²) in [4.78, 5) is 0. The highest BCUT2D eigenvalue weighted by molar-refractivity contribution is 6.11. The molecule has 0 fully saturated rings. The second-order valence-electron chi connectivity index (χ2n) is 7.30. The van der Waals surface area contributed by atoms with Gasteiger partial charge in [0.2, 0.25) is 0 Å². The fraction of sp³-hybridized carbons (Fsp3) is 0.238. The van der Waals surface area contributed by atoms with E-state index in [2.05, 4.69) is 70.1 Å². The first kappa shape index (κ1) is 13.5. The molecule has 3 aromatic carbocycles. The molecule has 110 valence electrons. The fourth-order valence-electron chi connectivity index (χ4n) is 4.01. The molecule has 0 N–H and O–H groups in total. The van der Waals surface area contributed by atoms with Crippen molar-refractivity contribution in [3.8, 4) is 0 Å². The number of rotatable bonds is 1. The first-order valence-electron chi connectivity index (χ1n) is 7.90. The second-order valence-corrected chi connectivity index (χ2v) is 7.30. The largest absolute Gasteiger partial charge is 0.321 e. The minimum absolute atomic E-state index is 1.03. The molecule has 0 aliphatic carbocycles. The van der Waals surface area contributed by atoms with Crippen LogP contribution in [0.3, 0.4) is 0 Å². The smallest absolute Gasteiger partial charge is 0.105 e. The Morgan fingerprint density at radius 3 is 2.50 bits per heavy atom. The minimum Gasteiger partial charge on any atom is -0.321 e. The van der Waals surface area contributed by atoms with Crippen LogP contribution >= 0.6 is 0 Å². The monoisotopic (exact) mass is 288 g/mol. The van der Waals surface area contributed by atoms with Gasteiger partial charge >= 0.3 is 0 Å². The molecule has 1 heteroatoms. The van der Waals surface area contributed by atoms with Gasteiger partial charge in [0, 0.05) is 11.1 Å². The molecule has 1 heterocycles. The maximum absolute atomic E-state index is 4.27. The van der Waals surface area contributed by atoms with Gasteiger partial charge in [0.05, 0.1) is 14.1 Å². The maximum Gasteiger partial charge on any atom is 0.105 e. The van der Waals surface area contributed by atoms with Crippen LogP contribution in [0.25, 0.3) is 27.1 Å². The Kier molecular flexibility index (Phi) is 2.73. The number of nitrogens with zero attached hydrogens (tertiary/aromatic N) is 1. The van der Waals surface area contributed by atoms with Crippen molar-refractivity contribution in [2.75, 3.05) is 14.1 Å². The SMILES string of the molecule is C=C(C)c1c2c(cc3c1ccc1ccccc13)C[N+](C)(C)C2. The Labute approximate surface area is 132 Å². The average molecular weight is 288 g/mol. The predicted molar refractivity (Wildman–Crippen MR) is 95.7 cm³/mol. The number of hydrogen-bond acceptors (Lipinski definition) is 0. The van der Waals surface area contributed by atoms with E-state index in [1.54, 1.807) is 0 Å². The quantitative estimate of drug-likeness (QED) is 0.431. The summed E-state index contributed by atoms with van der Waals surface area (Å²) in [5, 5.41) is 5.39. The van der Waals surface area contributed by atoms with E-state index in [9.17, 15) is 0 Å². The highest BCUT2D eigenvalue weighted by Gasteiger charge is 2.31. The lowest BCUT2D eigenvalue weighted by Crippen LogP contribution is -2.32. The van der Waals surface area contributed by atoms with Crippen molar-refractivity contribution in [2.24, 2.45) is 0 Å². The van der Waals surface area contributed by atoms with Gasteiger partial charge in [-0.15, -0.1) is 0 Å². The summed E-state index contributed by atoms with van der Waals surface area (Å²) in [6.45, 7) is 8.62. The number of benzene rings is 3. The molecule has 0 unspecified atom stereocenters. The van der Waals surface area contributed by atoms with Crippen LogP contribution in [0.2, 0.25) is 0 Å². The highest BCUT2D eigenvalue weighted by atomic mass is 15.3. The third-order valence-corrected chi connectivity index (χ3v) is 4.86. The van der Waals surface area contributed by atoms with E-state index >= 15 is 0 Å². The molecule has 0 bridgehead atoms. The van der Waals surface area contributed by atoms with E-state index in [1.807, 2.05) is 0 Å². The molecule has 22 heavy (non-hydrogen) atoms. The van der Waals surface area contributed by atoms with Crippen molar-refractivity contribution in [1.29, 1.82) is 0 Å². The van der Waals surface area contributed by atoms with Crippen molar-refractivity contribution in [3.05, 3.63) is 65.7 Å². The molecule has 0 saturated heterocycles. The van der Waals surface area contributed by atoms with Gasteiger partial charge in [-0.2, -0.15) is 0 Å². The summed E-state index contributed by atoms with van der Waals surface area (Å²) in [5.74, 6) is 0. The number of hydrogen-bond donors (Lipinski definition) is 0. The lowest BCUT2D eigenvalue weighted by atomic mass is 9.89. The van der Waals surface area contributed by atoms with Gasteiger partial charge in [0.15, 0.2) is 0 Å². The molecule has 1 aliphatic rings. The van der Waals surface area contributed by atoms with E-state index in [1.165, 1.54) is 43.8 Å². The van der Waals surface area contributed by atoms with Crippen LogP contribution in [-0.2, 0) is 13.1 Å². The van der Waals surface area contributed by atoms with E-state index in [0.29, 0.717) is 0 Å². The van der Waals surface area contributed by atoms with Crippen molar-refractivity contribution in [2.45, 2.75) is 20.0 Å². The Morgan fingerprint density at radius 2 is 1.73 bits per heavy atom. The predicted octanol–water partition coefficient (Wildman–Crippen LogP) is 5.12. The van der Waals surface area contributed by atoms with Gasteiger partial charge in [0.25, 0.3) is 0 Å². The zero-order chi connectivity index (χ0) is 15.5. The zero-order valence-corrected chi connectivity index (χ0v) is 13.6. The van der Waals surface area contributed by atoms with Gasteiger partial charge < -0.3 is 4.48 Å². The van der Waals surface area contributed by atoms with Gasteiger partial charge in [-0.3, -0.25) is 0 Å². The molecule has 0 aromatic heterocycles. The number of allylic oxidation sites excluding steroid dienone is 1. The van der Waals surface area contributed by atoms with E-state index in [0.717, 1.165) is 17.6 Å². The number of quaternary nitrogens is 1. The van der Waals surface area contributed by atoms with Crippen LogP contribution in [0, 0.1) is 0 Å². The van der Waals surface area contributed by atoms with Crippen LogP contribution in [0.4, 0.5) is 0 Å². The molecule has 0 saturated carbocycles. The number of fused-ring (bicyclic) bond motifs is 4. The molecule has 0 atom stereocenters. The van der Waals surface area contributed by atoms with Gasteiger partial charge in [-0.25, -0.2) is 0 Å². The van der Waals surface area contributed by atoms with E-state index in [-0.39, 0.29) is 0 Å². The lowest BCUT2D eigenvalue weighted by Gasteiger charge is -2.22. The fourth-order valence-corrected chi connectivity index (χ4v) is 4.01. The third-order valence-electron chi connectivity index (χ3n) is 4.86. The Morgan fingerprint density at radius 1 is 0.955 bits per heavy atom. The molecule has 0 spiro atoms. The van der Waals surface area contributed by atoms with Gasteiger partial charge in [0.1, 0.15) is 13.1 Å². The molecule has 3 aromatic rings. The topological polar surface area (TPSA) is 0 Å². The van der Waals surface area contributed by atoms with Crippen LogP contribution < -0.4 is 0 Å². The summed E-state index contributed by atoms with van der Waals surface area (Å²) < 4.78 is 1.03. The third kappa shape index (κ3) is 1.89.